The molecule has 7 nitrogen and oxygen atoms in total. The number of pyridine rings is 2. The van der Waals surface area contributed by atoms with Crippen LogP contribution in [-0.2, 0) is 4.79 Å². The van der Waals surface area contributed by atoms with E-state index in [2.05, 4.69) is 51.0 Å². The molecule has 1 aromatic carbocycles. The normalized spacial score (nSPS) is 13.7. The average molecular weight is 467 g/mol. The number of carboxylic acid groups (broad SMARTS) is 1. The van der Waals surface area contributed by atoms with Gasteiger partial charge in [0.15, 0.2) is 0 Å². The van der Waals surface area contributed by atoms with Gasteiger partial charge in [0.1, 0.15) is 5.82 Å². The second kappa shape index (κ2) is 9.42. The van der Waals surface area contributed by atoms with Crippen LogP contribution in [0.1, 0.15) is 17.2 Å². The van der Waals surface area contributed by atoms with Crippen LogP contribution in [0.2, 0.25) is 0 Å². The third-order valence-corrected chi connectivity index (χ3v) is 5.44. The van der Waals surface area contributed by atoms with Gasteiger partial charge in [-0.3, -0.25) is 15.0 Å². The summed E-state index contributed by atoms with van der Waals surface area (Å²) in [7, 11) is 0. The molecule has 0 atom stereocenters. The van der Waals surface area contributed by atoms with Crippen LogP contribution in [-0.4, -0.2) is 50.3 Å². The van der Waals surface area contributed by atoms with Crippen LogP contribution in [0.25, 0.3) is 22.2 Å². The fourth-order valence-electron chi connectivity index (χ4n) is 3.64. The molecule has 4 heterocycles. The highest BCUT2D eigenvalue weighted by Crippen LogP contribution is 2.35. The van der Waals surface area contributed by atoms with Crippen molar-refractivity contribution in [3.8, 4) is 11.3 Å². The fourth-order valence-corrected chi connectivity index (χ4v) is 3.64. The maximum atomic E-state index is 10.6. The Morgan fingerprint density at radius 1 is 1.03 bits per heavy atom. The number of carboxylic acids is 1. The Bertz CT molecular complexity index is 1320. The van der Waals surface area contributed by atoms with Crippen LogP contribution >= 0.6 is 0 Å². The molecule has 0 aliphatic carbocycles. The average Bonchev–Trinajstić information content (AvgIpc) is 2.79. The molecule has 174 valence electrons. The van der Waals surface area contributed by atoms with E-state index in [9.17, 15) is 13.2 Å². The SMILES string of the molecule is Cc1ccncc1-c1nccnc1C1CN(c2ccc3ccccc3n2)C1.O=C(O)C(F)(F)F. The highest BCUT2D eigenvalue weighted by molar-refractivity contribution is 5.80. The van der Waals surface area contributed by atoms with Crippen molar-refractivity contribution in [1.82, 2.24) is 19.9 Å². The van der Waals surface area contributed by atoms with Gasteiger partial charge in [0.25, 0.3) is 0 Å². The van der Waals surface area contributed by atoms with Gasteiger partial charge in [-0.2, -0.15) is 13.2 Å². The van der Waals surface area contributed by atoms with E-state index in [1.54, 1.807) is 12.4 Å². The third kappa shape index (κ3) is 4.95. The van der Waals surface area contributed by atoms with Crippen molar-refractivity contribution < 1.29 is 23.1 Å². The van der Waals surface area contributed by atoms with Gasteiger partial charge in [0.05, 0.1) is 16.9 Å². The first-order valence-corrected chi connectivity index (χ1v) is 10.4. The van der Waals surface area contributed by atoms with Crippen molar-refractivity contribution in [3.63, 3.8) is 0 Å². The smallest absolute Gasteiger partial charge is 0.475 e. The summed E-state index contributed by atoms with van der Waals surface area (Å²) >= 11 is 0. The number of aliphatic carboxylic acids is 1. The van der Waals surface area contributed by atoms with Crippen molar-refractivity contribution in [2.24, 2.45) is 0 Å². The lowest BCUT2D eigenvalue weighted by molar-refractivity contribution is -0.192. The number of carbonyl (C=O) groups is 1. The van der Waals surface area contributed by atoms with Crippen molar-refractivity contribution in [2.45, 2.75) is 19.0 Å². The third-order valence-electron chi connectivity index (χ3n) is 5.44. The monoisotopic (exact) mass is 467 g/mol. The van der Waals surface area contributed by atoms with Crippen LogP contribution in [0, 0.1) is 6.92 Å². The summed E-state index contributed by atoms with van der Waals surface area (Å²) in [6.45, 7) is 3.88. The van der Waals surface area contributed by atoms with Gasteiger partial charge in [0, 0.05) is 54.7 Å². The van der Waals surface area contributed by atoms with Crippen molar-refractivity contribution >= 4 is 22.7 Å². The van der Waals surface area contributed by atoms with E-state index in [4.69, 9.17) is 14.9 Å². The zero-order valence-electron chi connectivity index (χ0n) is 18.1. The number of rotatable bonds is 3. The molecule has 3 aromatic heterocycles. The van der Waals surface area contributed by atoms with Gasteiger partial charge < -0.3 is 10.0 Å². The predicted molar refractivity (Wildman–Crippen MR) is 120 cm³/mol. The number of para-hydroxylation sites is 1. The summed E-state index contributed by atoms with van der Waals surface area (Å²) in [5.74, 6) is -1.39. The van der Waals surface area contributed by atoms with E-state index in [0.717, 1.165) is 41.4 Å². The van der Waals surface area contributed by atoms with E-state index >= 15 is 0 Å². The number of aryl methyl sites for hydroxylation is 1. The van der Waals surface area contributed by atoms with Gasteiger partial charge in [-0.15, -0.1) is 0 Å². The molecule has 0 saturated carbocycles. The lowest BCUT2D eigenvalue weighted by Gasteiger charge is -2.40. The standard InChI is InChI=1S/C22H19N5.C2HF3O2/c1-15-8-9-23-12-18(15)22-21(24-10-11-25-22)17-13-27(14-17)20-7-6-16-4-2-3-5-19(16)26-20;3-2(4,5)1(6)7/h2-12,17H,13-14H2,1H3;(H,6,7). The zero-order chi connectivity index (χ0) is 24.3. The highest BCUT2D eigenvalue weighted by atomic mass is 19.4. The molecule has 34 heavy (non-hydrogen) atoms. The van der Waals surface area contributed by atoms with E-state index in [1.807, 2.05) is 30.6 Å². The Morgan fingerprint density at radius 2 is 1.74 bits per heavy atom. The van der Waals surface area contributed by atoms with Gasteiger partial charge in [-0.1, -0.05) is 18.2 Å². The molecule has 1 aliphatic heterocycles. The first-order chi connectivity index (χ1) is 16.2. The molecule has 0 amide bonds. The van der Waals surface area contributed by atoms with E-state index in [1.165, 1.54) is 10.9 Å². The zero-order valence-corrected chi connectivity index (χ0v) is 18.1. The molecule has 5 rings (SSSR count). The number of benzene rings is 1. The lowest BCUT2D eigenvalue weighted by atomic mass is 9.91. The van der Waals surface area contributed by atoms with Gasteiger partial charge in [-0.25, -0.2) is 9.78 Å². The van der Waals surface area contributed by atoms with Crippen molar-refractivity contribution in [2.75, 3.05) is 18.0 Å². The number of halogens is 3. The maximum Gasteiger partial charge on any atom is 0.490 e. The van der Waals surface area contributed by atoms with Gasteiger partial charge in [-0.05, 0) is 36.8 Å². The lowest BCUT2D eigenvalue weighted by Crippen LogP contribution is -2.46. The Kier molecular flexibility index (Phi) is 6.40. The molecular weight excluding hydrogens is 447 g/mol. The Labute approximate surface area is 193 Å². The Hall–Kier alpha value is -4.08. The number of fused-ring (bicyclic) bond motifs is 1. The van der Waals surface area contributed by atoms with Crippen LogP contribution in [0.3, 0.4) is 0 Å². The largest absolute Gasteiger partial charge is 0.490 e. The molecule has 1 N–H and O–H groups in total. The van der Waals surface area contributed by atoms with Crippen molar-refractivity contribution in [3.05, 3.63) is 78.5 Å². The van der Waals surface area contributed by atoms with E-state index in [0.29, 0.717) is 5.92 Å². The minimum Gasteiger partial charge on any atom is -0.475 e. The van der Waals surface area contributed by atoms with Gasteiger partial charge >= 0.3 is 12.1 Å². The summed E-state index contributed by atoms with van der Waals surface area (Å²) in [6.07, 6.45) is 2.14. The quantitative estimate of drug-likeness (QED) is 0.470. The first kappa shape index (κ1) is 23.1. The summed E-state index contributed by atoms with van der Waals surface area (Å²) in [5.41, 5.74) is 5.25. The molecule has 0 spiro atoms. The minimum absolute atomic E-state index is 0.349. The second-order valence-electron chi connectivity index (χ2n) is 7.75. The molecule has 0 unspecified atom stereocenters. The molecule has 10 heteroatoms. The Balaban J connectivity index is 0.000000344. The number of hydrogen-bond acceptors (Lipinski definition) is 6. The highest BCUT2D eigenvalue weighted by Gasteiger charge is 2.38. The number of alkyl halides is 3. The molecule has 1 aliphatic rings. The number of anilines is 1. The molecule has 4 aromatic rings. The van der Waals surface area contributed by atoms with Crippen LogP contribution in [0.5, 0.6) is 0 Å². The Morgan fingerprint density at radius 3 is 2.44 bits per heavy atom. The summed E-state index contributed by atoms with van der Waals surface area (Å²) in [6, 6.07) is 14.5. The topological polar surface area (TPSA) is 92.1 Å². The minimum atomic E-state index is -5.08. The number of hydrogen-bond donors (Lipinski definition) is 1. The van der Waals surface area contributed by atoms with Crippen LogP contribution in [0.15, 0.2) is 67.3 Å². The maximum absolute atomic E-state index is 10.6. The fraction of sp³-hybridized carbons (Fsp3) is 0.208. The van der Waals surface area contributed by atoms with Gasteiger partial charge in [0.2, 0.25) is 0 Å². The number of nitrogens with zero attached hydrogens (tertiary/aromatic N) is 5. The van der Waals surface area contributed by atoms with Crippen LogP contribution < -0.4 is 4.90 Å². The molecular formula is C24H20F3N5O2. The summed E-state index contributed by atoms with van der Waals surface area (Å²) in [4.78, 5) is 29.5. The van der Waals surface area contributed by atoms with Crippen LogP contribution in [0.4, 0.5) is 19.0 Å². The molecule has 0 bridgehead atoms. The first-order valence-electron chi connectivity index (χ1n) is 10.4. The van der Waals surface area contributed by atoms with E-state index < -0.39 is 12.1 Å². The molecule has 0 radical (unpaired) electrons. The molecule has 1 fully saturated rings. The molecule has 1 saturated heterocycles. The second-order valence-corrected chi connectivity index (χ2v) is 7.75. The van der Waals surface area contributed by atoms with Crippen molar-refractivity contribution in [1.29, 1.82) is 0 Å². The summed E-state index contributed by atoms with van der Waals surface area (Å²) in [5, 5.41) is 8.29. The number of aromatic nitrogens is 4. The van der Waals surface area contributed by atoms with E-state index in [-0.39, 0.29) is 0 Å². The predicted octanol–water partition coefficient (Wildman–Crippen LogP) is 4.63. The summed E-state index contributed by atoms with van der Waals surface area (Å²) < 4.78 is 31.7.